The third-order valence-electron chi connectivity index (χ3n) is 3.35. The highest BCUT2D eigenvalue weighted by Crippen LogP contribution is 2.17. The lowest BCUT2D eigenvalue weighted by Crippen LogP contribution is -2.21. The van der Waals surface area contributed by atoms with Gasteiger partial charge >= 0.3 is 0 Å². The number of rotatable bonds is 6. The van der Waals surface area contributed by atoms with Gasteiger partial charge in [-0.15, -0.1) is 0 Å². The van der Waals surface area contributed by atoms with Crippen LogP contribution in [0.2, 0.25) is 0 Å². The van der Waals surface area contributed by atoms with Crippen LogP contribution in [-0.2, 0) is 13.0 Å². The molecule has 0 aliphatic rings. The third kappa shape index (κ3) is 4.08. The van der Waals surface area contributed by atoms with Crippen molar-refractivity contribution in [2.75, 3.05) is 6.54 Å². The van der Waals surface area contributed by atoms with Crippen LogP contribution in [0.4, 0.5) is 0 Å². The van der Waals surface area contributed by atoms with E-state index >= 15 is 0 Å². The maximum atomic E-state index is 10.0. The van der Waals surface area contributed by atoms with E-state index in [1.54, 1.807) is 18.2 Å². The van der Waals surface area contributed by atoms with Crippen molar-refractivity contribution in [3.8, 4) is 5.75 Å². The molecule has 3 heteroatoms. The molecule has 20 heavy (non-hydrogen) atoms. The second kappa shape index (κ2) is 7.08. The van der Waals surface area contributed by atoms with Gasteiger partial charge in [-0.2, -0.15) is 0 Å². The van der Waals surface area contributed by atoms with Gasteiger partial charge in [0.25, 0.3) is 0 Å². The first-order valence-electron chi connectivity index (χ1n) is 6.94. The van der Waals surface area contributed by atoms with E-state index in [9.17, 15) is 10.2 Å². The standard InChI is InChI=1S/C17H21NO2/c1-2-13-6-8-14(9-7-13)11-18-12-17(20)15-4-3-5-16(19)10-15/h3-10,17-20H,2,11-12H2,1H3/t17-/m1/s1. The van der Waals surface area contributed by atoms with E-state index < -0.39 is 6.10 Å². The summed E-state index contributed by atoms with van der Waals surface area (Å²) in [6, 6.07) is 15.2. The SMILES string of the molecule is CCc1ccc(CNC[C@@H](O)c2cccc(O)c2)cc1. The molecule has 0 spiro atoms. The largest absolute Gasteiger partial charge is 0.508 e. The van der Waals surface area contributed by atoms with Gasteiger partial charge < -0.3 is 15.5 Å². The first-order chi connectivity index (χ1) is 9.69. The topological polar surface area (TPSA) is 52.5 Å². The minimum absolute atomic E-state index is 0.178. The average molecular weight is 271 g/mol. The van der Waals surface area contributed by atoms with Gasteiger partial charge in [0.2, 0.25) is 0 Å². The number of hydrogen-bond donors (Lipinski definition) is 3. The maximum Gasteiger partial charge on any atom is 0.115 e. The lowest BCUT2D eigenvalue weighted by Gasteiger charge is -2.12. The van der Waals surface area contributed by atoms with Crippen LogP contribution in [0.25, 0.3) is 0 Å². The van der Waals surface area contributed by atoms with E-state index in [0.717, 1.165) is 18.5 Å². The first kappa shape index (κ1) is 14.6. The fourth-order valence-electron chi connectivity index (χ4n) is 2.10. The van der Waals surface area contributed by atoms with Gasteiger partial charge in [0.1, 0.15) is 5.75 Å². The van der Waals surface area contributed by atoms with Crippen molar-refractivity contribution in [1.29, 1.82) is 0 Å². The molecule has 2 rings (SSSR count). The van der Waals surface area contributed by atoms with Crippen molar-refractivity contribution >= 4 is 0 Å². The summed E-state index contributed by atoms with van der Waals surface area (Å²) < 4.78 is 0. The van der Waals surface area contributed by atoms with E-state index in [0.29, 0.717) is 6.54 Å². The van der Waals surface area contributed by atoms with Crippen LogP contribution in [0.3, 0.4) is 0 Å². The molecule has 106 valence electrons. The number of aliphatic hydroxyl groups is 1. The van der Waals surface area contributed by atoms with Crippen LogP contribution >= 0.6 is 0 Å². The molecular formula is C17H21NO2. The second-order valence-corrected chi connectivity index (χ2v) is 4.91. The molecule has 0 aromatic heterocycles. The molecule has 1 atom stereocenters. The molecule has 0 heterocycles. The normalized spacial score (nSPS) is 12.3. The second-order valence-electron chi connectivity index (χ2n) is 4.91. The summed E-state index contributed by atoms with van der Waals surface area (Å²) in [4.78, 5) is 0. The number of phenolic OH excluding ortho intramolecular Hbond substituents is 1. The number of benzene rings is 2. The Hall–Kier alpha value is -1.84. The lowest BCUT2D eigenvalue weighted by molar-refractivity contribution is 0.174. The maximum absolute atomic E-state index is 10.0. The van der Waals surface area contributed by atoms with Crippen molar-refractivity contribution in [2.24, 2.45) is 0 Å². The summed E-state index contributed by atoms with van der Waals surface area (Å²) in [5.41, 5.74) is 3.25. The Kier molecular flexibility index (Phi) is 5.16. The van der Waals surface area contributed by atoms with E-state index in [4.69, 9.17) is 0 Å². The first-order valence-corrected chi connectivity index (χ1v) is 6.94. The predicted molar refractivity (Wildman–Crippen MR) is 80.6 cm³/mol. The molecule has 2 aromatic rings. The van der Waals surface area contributed by atoms with E-state index in [1.807, 2.05) is 6.07 Å². The Morgan fingerprint density at radius 1 is 1.05 bits per heavy atom. The molecule has 3 N–H and O–H groups in total. The third-order valence-corrected chi connectivity index (χ3v) is 3.35. The zero-order chi connectivity index (χ0) is 14.4. The van der Waals surface area contributed by atoms with Gasteiger partial charge in [0.15, 0.2) is 0 Å². The highest BCUT2D eigenvalue weighted by Gasteiger charge is 2.07. The molecule has 0 saturated heterocycles. The molecule has 0 saturated carbocycles. The van der Waals surface area contributed by atoms with Gasteiger partial charge in [-0.25, -0.2) is 0 Å². The van der Waals surface area contributed by atoms with Gasteiger partial charge in [0, 0.05) is 13.1 Å². The van der Waals surface area contributed by atoms with Crippen molar-refractivity contribution in [2.45, 2.75) is 26.0 Å². The van der Waals surface area contributed by atoms with Crippen molar-refractivity contribution in [3.05, 3.63) is 65.2 Å². The van der Waals surface area contributed by atoms with E-state index in [-0.39, 0.29) is 5.75 Å². The highest BCUT2D eigenvalue weighted by atomic mass is 16.3. The lowest BCUT2D eigenvalue weighted by atomic mass is 10.1. The zero-order valence-corrected chi connectivity index (χ0v) is 11.7. The number of nitrogens with one attached hydrogen (secondary N) is 1. The molecule has 0 fully saturated rings. The van der Waals surface area contributed by atoms with Crippen LogP contribution in [-0.4, -0.2) is 16.8 Å². The summed E-state index contributed by atoms with van der Waals surface area (Å²) in [7, 11) is 0. The number of hydrogen-bond acceptors (Lipinski definition) is 3. The van der Waals surface area contributed by atoms with E-state index in [2.05, 4.69) is 36.5 Å². The van der Waals surface area contributed by atoms with Crippen molar-refractivity contribution in [1.82, 2.24) is 5.32 Å². The molecule has 0 amide bonds. The molecule has 0 unspecified atom stereocenters. The molecule has 0 bridgehead atoms. The Labute approximate surface area is 119 Å². The highest BCUT2D eigenvalue weighted by molar-refractivity contribution is 5.28. The van der Waals surface area contributed by atoms with Crippen LogP contribution in [0.5, 0.6) is 5.75 Å². The quantitative estimate of drug-likeness (QED) is 0.757. The van der Waals surface area contributed by atoms with Crippen molar-refractivity contribution < 1.29 is 10.2 Å². The average Bonchev–Trinajstić information content (AvgIpc) is 2.48. The summed E-state index contributed by atoms with van der Waals surface area (Å²) in [6.07, 6.45) is 0.432. The Balaban J connectivity index is 1.82. The van der Waals surface area contributed by atoms with E-state index in [1.165, 1.54) is 11.1 Å². The predicted octanol–water partition coefficient (Wildman–Crippen LogP) is 2.78. The Bertz CT molecular complexity index is 537. The Morgan fingerprint density at radius 3 is 2.40 bits per heavy atom. The van der Waals surface area contributed by atoms with Gasteiger partial charge in [-0.3, -0.25) is 0 Å². The molecule has 0 radical (unpaired) electrons. The fourth-order valence-corrected chi connectivity index (χ4v) is 2.10. The Morgan fingerprint density at radius 2 is 1.75 bits per heavy atom. The summed E-state index contributed by atoms with van der Waals surface area (Å²) >= 11 is 0. The van der Waals surface area contributed by atoms with Gasteiger partial charge in [0.05, 0.1) is 6.10 Å². The van der Waals surface area contributed by atoms with Crippen LogP contribution < -0.4 is 5.32 Å². The number of phenols is 1. The minimum atomic E-state index is -0.614. The number of aromatic hydroxyl groups is 1. The summed E-state index contributed by atoms with van der Waals surface area (Å²) in [5, 5.41) is 22.6. The smallest absolute Gasteiger partial charge is 0.115 e. The fraction of sp³-hybridized carbons (Fsp3) is 0.294. The van der Waals surface area contributed by atoms with Crippen LogP contribution in [0.1, 0.15) is 29.7 Å². The number of aryl methyl sites for hydroxylation is 1. The summed E-state index contributed by atoms with van der Waals surface area (Å²) in [5.74, 6) is 0.178. The van der Waals surface area contributed by atoms with Crippen molar-refractivity contribution in [3.63, 3.8) is 0 Å². The molecule has 0 aliphatic carbocycles. The molecule has 3 nitrogen and oxygen atoms in total. The monoisotopic (exact) mass is 271 g/mol. The van der Waals surface area contributed by atoms with Gasteiger partial charge in [-0.1, -0.05) is 43.3 Å². The van der Waals surface area contributed by atoms with Crippen LogP contribution in [0.15, 0.2) is 48.5 Å². The number of aliphatic hydroxyl groups excluding tert-OH is 1. The molecule has 2 aromatic carbocycles. The minimum Gasteiger partial charge on any atom is -0.508 e. The summed E-state index contributed by atoms with van der Waals surface area (Å²) in [6.45, 7) is 3.32. The molecule has 0 aliphatic heterocycles. The zero-order valence-electron chi connectivity index (χ0n) is 11.7. The molecular weight excluding hydrogens is 250 g/mol. The van der Waals surface area contributed by atoms with Gasteiger partial charge in [-0.05, 0) is 35.2 Å². The van der Waals surface area contributed by atoms with Crippen LogP contribution in [0, 0.1) is 0 Å².